The van der Waals surface area contributed by atoms with Crippen molar-refractivity contribution in [2.24, 2.45) is 0 Å². The number of alkyl halides is 2. The molecule has 2 aliphatic rings. The third kappa shape index (κ3) is 2.82. The van der Waals surface area contributed by atoms with Crippen LogP contribution >= 0.6 is 0 Å². The zero-order valence-corrected chi connectivity index (χ0v) is 14.2. The summed E-state index contributed by atoms with van der Waals surface area (Å²) in [5.41, 5.74) is 2.02. The molecule has 4 rings (SSSR count). The fourth-order valence-corrected chi connectivity index (χ4v) is 3.82. The minimum absolute atomic E-state index is 0.0596. The molecule has 1 aliphatic carbocycles. The molecule has 0 atom stereocenters. The van der Waals surface area contributed by atoms with Crippen LogP contribution < -0.4 is 0 Å². The van der Waals surface area contributed by atoms with Gasteiger partial charge in [-0.1, -0.05) is 48.5 Å². The maximum Gasteiger partial charge on any atom is 0.278 e. The van der Waals surface area contributed by atoms with Crippen molar-refractivity contribution in [3.8, 4) is 11.1 Å². The lowest BCUT2D eigenvalue weighted by Gasteiger charge is -2.39. The van der Waals surface area contributed by atoms with Crippen LogP contribution in [0.2, 0.25) is 0 Å². The molecule has 1 fully saturated rings. The van der Waals surface area contributed by atoms with E-state index in [1.165, 1.54) is 0 Å². The first-order chi connectivity index (χ1) is 12.4. The number of halogens is 2. The maximum absolute atomic E-state index is 13.5. The van der Waals surface area contributed by atoms with Crippen molar-refractivity contribution in [3.05, 3.63) is 66.2 Å². The van der Waals surface area contributed by atoms with E-state index in [1.54, 1.807) is 12.1 Å². The summed E-state index contributed by atoms with van der Waals surface area (Å²) in [4.78, 5) is 12.6. The van der Waals surface area contributed by atoms with Crippen LogP contribution in [0, 0.1) is 0 Å². The lowest BCUT2D eigenvalue weighted by atomic mass is 9.80. The summed E-state index contributed by atoms with van der Waals surface area (Å²) in [6.07, 6.45) is 1.14. The predicted octanol–water partition coefficient (Wildman–Crippen LogP) is 4.92. The Bertz CT molecular complexity index is 867. The Labute approximate surface area is 150 Å². The Morgan fingerprint density at radius 3 is 2.15 bits per heavy atom. The first-order valence-electron chi connectivity index (χ1n) is 8.70. The van der Waals surface area contributed by atoms with Crippen molar-refractivity contribution in [1.29, 1.82) is 0 Å². The monoisotopic (exact) mass is 355 g/mol. The summed E-state index contributed by atoms with van der Waals surface area (Å²) in [5, 5.41) is 11.0. The molecule has 0 bridgehead atoms. The van der Waals surface area contributed by atoms with Crippen LogP contribution in [0.15, 0.2) is 60.7 Å². The second-order valence-corrected chi connectivity index (χ2v) is 7.08. The summed E-state index contributed by atoms with van der Waals surface area (Å²) in [6, 6.07) is 17.3. The smallest absolute Gasteiger partial charge is 0.278 e. The van der Waals surface area contributed by atoms with E-state index in [4.69, 9.17) is 0 Å². The van der Waals surface area contributed by atoms with Gasteiger partial charge in [-0.15, -0.1) is 0 Å². The normalized spacial score (nSPS) is 21.1. The number of benzene rings is 2. The number of carbonyl (C=O) groups is 1. The van der Waals surface area contributed by atoms with Gasteiger partial charge in [-0.3, -0.25) is 10.0 Å². The summed E-state index contributed by atoms with van der Waals surface area (Å²) < 4.78 is 27.0. The number of nitrogens with zero attached hydrogens (tertiary/aromatic N) is 1. The van der Waals surface area contributed by atoms with Crippen LogP contribution in [0.4, 0.5) is 8.78 Å². The molecule has 1 aliphatic heterocycles. The summed E-state index contributed by atoms with van der Waals surface area (Å²) >= 11 is 0. The van der Waals surface area contributed by atoms with E-state index in [9.17, 15) is 18.8 Å². The van der Waals surface area contributed by atoms with Crippen molar-refractivity contribution < 1.29 is 18.8 Å². The van der Waals surface area contributed by atoms with Gasteiger partial charge < -0.3 is 0 Å². The second-order valence-electron chi connectivity index (χ2n) is 7.08. The number of hydroxylamine groups is 2. The van der Waals surface area contributed by atoms with Crippen molar-refractivity contribution in [2.75, 3.05) is 0 Å². The van der Waals surface area contributed by atoms with Crippen LogP contribution in [0.1, 0.15) is 31.2 Å². The molecule has 1 spiro atoms. The van der Waals surface area contributed by atoms with Gasteiger partial charge in [-0.25, -0.2) is 13.8 Å². The van der Waals surface area contributed by atoms with Gasteiger partial charge in [0.2, 0.25) is 5.92 Å². The van der Waals surface area contributed by atoms with E-state index in [0.29, 0.717) is 16.2 Å². The quantitative estimate of drug-likeness (QED) is 0.777. The van der Waals surface area contributed by atoms with Crippen LogP contribution in [-0.4, -0.2) is 27.6 Å². The molecule has 2 aromatic rings. The Hall–Kier alpha value is -2.53. The molecule has 1 N–H and O–H groups in total. The fraction of sp³-hybridized carbons (Fsp3) is 0.286. The third-order valence-electron chi connectivity index (χ3n) is 5.39. The van der Waals surface area contributed by atoms with E-state index in [-0.39, 0.29) is 25.7 Å². The molecule has 5 heteroatoms. The first kappa shape index (κ1) is 16.9. The Kier molecular flexibility index (Phi) is 3.92. The molecule has 134 valence electrons. The van der Waals surface area contributed by atoms with Gasteiger partial charge in [-0.2, -0.15) is 0 Å². The summed E-state index contributed by atoms with van der Waals surface area (Å²) in [6.45, 7) is 0. The molecule has 0 saturated heterocycles. The molecule has 0 unspecified atom stereocenters. The third-order valence-corrected chi connectivity index (χ3v) is 5.39. The highest BCUT2D eigenvalue weighted by Crippen LogP contribution is 2.46. The lowest BCUT2D eigenvalue weighted by molar-refractivity contribution is -0.189. The molecular formula is C21H19F2NO2. The van der Waals surface area contributed by atoms with Gasteiger partial charge in [0.1, 0.15) is 0 Å². The first-order valence-corrected chi connectivity index (χ1v) is 8.70. The Morgan fingerprint density at radius 1 is 0.846 bits per heavy atom. The topological polar surface area (TPSA) is 40.5 Å². The Morgan fingerprint density at radius 2 is 1.46 bits per heavy atom. The molecule has 0 aromatic heterocycles. The van der Waals surface area contributed by atoms with E-state index in [2.05, 4.69) is 0 Å². The number of rotatable bonds is 2. The minimum Gasteiger partial charge on any atom is -0.285 e. The highest BCUT2D eigenvalue weighted by molar-refractivity contribution is 6.22. The molecule has 1 heterocycles. The number of amides is 1. The van der Waals surface area contributed by atoms with Crippen LogP contribution in [-0.2, 0) is 4.79 Å². The molecular weight excluding hydrogens is 336 g/mol. The Balaban J connectivity index is 1.70. The zero-order valence-electron chi connectivity index (χ0n) is 14.2. The van der Waals surface area contributed by atoms with E-state index < -0.39 is 17.4 Å². The highest BCUT2D eigenvalue weighted by Gasteiger charge is 2.51. The molecule has 1 saturated carbocycles. The van der Waals surface area contributed by atoms with E-state index in [1.807, 2.05) is 48.5 Å². The summed E-state index contributed by atoms with van der Waals surface area (Å²) in [7, 11) is 0. The van der Waals surface area contributed by atoms with Crippen LogP contribution in [0.3, 0.4) is 0 Å². The molecule has 3 nitrogen and oxygen atoms in total. The van der Waals surface area contributed by atoms with Gasteiger partial charge >= 0.3 is 0 Å². The average Bonchev–Trinajstić information content (AvgIpc) is 2.91. The standard InChI is InChI=1S/C21H19F2NO2/c22-21(23)11-9-20(10-12-21)14-18(19(25)24(20)26)17-8-4-7-16(13-17)15-5-2-1-3-6-15/h1-8,13-14,26H,9-12H2. The second kappa shape index (κ2) is 6.02. The highest BCUT2D eigenvalue weighted by atomic mass is 19.3. The van der Waals surface area contributed by atoms with Gasteiger partial charge in [0, 0.05) is 18.4 Å². The van der Waals surface area contributed by atoms with Crippen molar-refractivity contribution in [1.82, 2.24) is 5.06 Å². The maximum atomic E-state index is 13.5. The SMILES string of the molecule is O=C1C(c2cccc(-c3ccccc3)c2)=CC2(CCC(F)(F)CC2)N1O. The van der Waals surface area contributed by atoms with Crippen molar-refractivity contribution in [3.63, 3.8) is 0 Å². The van der Waals surface area contributed by atoms with E-state index in [0.717, 1.165) is 11.1 Å². The molecule has 0 radical (unpaired) electrons. The molecule has 26 heavy (non-hydrogen) atoms. The average molecular weight is 355 g/mol. The van der Waals surface area contributed by atoms with Gasteiger partial charge in [0.05, 0.1) is 5.54 Å². The predicted molar refractivity (Wildman–Crippen MR) is 94.6 cm³/mol. The molecule has 2 aromatic carbocycles. The number of carbonyl (C=O) groups excluding carboxylic acids is 1. The summed E-state index contributed by atoms with van der Waals surface area (Å²) in [5.74, 6) is -3.25. The van der Waals surface area contributed by atoms with Gasteiger partial charge in [0.25, 0.3) is 5.91 Å². The fourth-order valence-electron chi connectivity index (χ4n) is 3.82. The van der Waals surface area contributed by atoms with Gasteiger partial charge in [0.15, 0.2) is 0 Å². The largest absolute Gasteiger partial charge is 0.285 e. The van der Waals surface area contributed by atoms with Crippen LogP contribution in [0.25, 0.3) is 16.7 Å². The zero-order chi connectivity index (χ0) is 18.4. The van der Waals surface area contributed by atoms with Gasteiger partial charge in [-0.05, 0) is 41.7 Å². The van der Waals surface area contributed by atoms with Crippen LogP contribution in [0.5, 0.6) is 0 Å². The van der Waals surface area contributed by atoms with Crippen molar-refractivity contribution in [2.45, 2.75) is 37.1 Å². The van der Waals surface area contributed by atoms with Crippen molar-refractivity contribution >= 4 is 11.5 Å². The minimum atomic E-state index is -2.72. The number of hydrogen-bond donors (Lipinski definition) is 1. The van der Waals surface area contributed by atoms with E-state index >= 15 is 0 Å². The number of hydrogen-bond acceptors (Lipinski definition) is 2. The molecule has 1 amide bonds. The lowest BCUT2D eigenvalue weighted by Crippen LogP contribution is -2.48.